The number of rotatable bonds is 2. The van der Waals surface area contributed by atoms with Crippen molar-refractivity contribution >= 4 is 0 Å². The number of hydrogen-bond acceptors (Lipinski definition) is 1. The Morgan fingerprint density at radius 2 is 1.64 bits per heavy atom. The summed E-state index contributed by atoms with van der Waals surface area (Å²) in [5, 5.41) is 10.1. The van der Waals surface area contributed by atoms with E-state index in [4.69, 9.17) is 0 Å². The number of aryl methyl sites for hydroxylation is 3. The minimum absolute atomic E-state index is 0.226. The van der Waals surface area contributed by atoms with Gasteiger partial charge < -0.3 is 5.11 Å². The van der Waals surface area contributed by atoms with Gasteiger partial charge in [-0.2, -0.15) is 0 Å². The van der Waals surface area contributed by atoms with Gasteiger partial charge in [0.15, 0.2) is 0 Å². The van der Waals surface area contributed by atoms with E-state index in [2.05, 4.69) is 32.9 Å². The van der Waals surface area contributed by atoms with Gasteiger partial charge in [0.05, 0.1) is 6.10 Å². The van der Waals surface area contributed by atoms with Crippen LogP contribution in [-0.2, 0) is 0 Å². The van der Waals surface area contributed by atoms with Crippen molar-refractivity contribution in [3.8, 4) is 0 Å². The van der Waals surface area contributed by atoms with Gasteiger partial charge in [-0.3, -0.25) is 0 Å². The second-order valence-electron chi connectivity index (χ2n) is 4.59. The molecular formula is C13H18O. The molecule has 14 heavy (non-hydrogen) atoms. The zero-order valence-electron chi connectivity index (χ0n) is 9.17. The zero-order chi connectivity index (χ0) is 10.3. The van der Waals surface area contributed by atoms with Crippen LogP contribution in [0.3, 0.4) is 0 Å². The van der Waals surface area contributed by atoms with Crippen LogP contribution in [0.4, 0.5) is 0 Å². The van der Waals surface area contributed by atoms with E-state index in [1.165, 1.54) is 29.5 Å². The first kappa shape index (κ1) is 9.72. The van der Waals surface area contributed by atoms with Gasteiger partial charge in [-0.05, 0) is 56.2 Å². The van der Waals surface area contributed by atoms with Crippen LogP contribution in [0.2, 0.25) is 0 Å². The van der Waals surface area contributed by atoms with E-state index in [-0.39, 0.29) is 6.10 Å². The predicted octanol–water partition coefficient (Wildman–Crippen LogP) is 3.06. The Labute approximate surface area is 85.8 Å². The highest BCUT2D eigenvalue weighted by Gasteiger charge is 2.32. The van der Waals surface area contributed by atoms with Crippen molar-refractivity contribution in [2.24, 2.45) is 5.92 Å². The van der Waals surface area contributed by atoms with Gasteiger partial charge in [0.2, 0.25) is 0 Å². The van der Waals surface area contributed by atoms with Gasteiger partial charge in [-0.1, -0.05) is 17.7 Å². The molecule has 0 aliphatic heterocycles. The Morgan fingerprint density at radius 1 is 1.14 bits per heavy atom. The average Bonchev–Trinajstić information content (AvgIpc) is 2.83. The summed E-state index contributed by atoms with van der Waals surface area (Å²) in [5.74, 6) is 0.523. The Balaban J connectivity index is 2.40. The first-order chi connectivity index (χ1) is 6.59. The third-order valence-electron chi connectivity index (χ3n) is 3.10. The second kappa shape index (κ2) is 3.39. The number of aliphatic hydroxyl groups excluding tert-OH is 1. The van der Waals surface area contributed by atoms with Gasteiger partial charge in [0.1, 0.15) is 0 Å². The fraction of sp³-hybridized carbons (Fsp3) is 0.538. The lowest BCUT2D eigenvalue weighted by atomic mass is 9.93. The van der Waals surface area contributed by atoms with E-state index in [0.29, 0.717) is 5.92 Å². The molecule has 1 aromatic rings. The molecule has 1 aliphatic rings. The molecule has 0 radical (unpaired) electrons. The molecule has 1 heteroatoms. The average molecular weight is 190 g/mol. The summed E-state index contributed by atoms with van der Waals surface area (Å²) in [6.45, 7) is 6.30. The van der Waals surface area contributed by atoms with E-state index in [1.807, 2.05) is 0 Å². The maximum Gasteiger partial charge on any atom is 0.0823 e. The maximum atomic E-state index is 10.1. The molecule has 0 aromatic heterocycles. The predicted molar refractivity (Wildman–Crippen MR) is 58.3 cm³/mol. The molecule has 2 rings (SSSR count). The second-order valence-corrected chi connectivity index (χ2v) is 4.59. The van der Waals surface area contributed by atoms with E-state index in [1.54, 1.807) is 0 Å². The third-order valence-corrected chi connectivity index (χ3v) is 3.10. The minimum Gasteiger partial charge on any atom is -0.388 e. The zero-order valence-corrected chi connectivity index (χ0v) is 9.17. The van der Waals surface area contributed by atoms with Crippen molar-refractivity contribution < 1.29 is 5.11 Å². The quantitative estimate of drug-likeness (QED) is 0.760. The van der Waals surface area contributed by atoms with E-state index in [9.17, 15) is 5.11 Å². The van der Waals surface area contributed by atoms with Gasteiger partial charge in [0.25, 0.3) is 0 Å². The summed E-state index contributed by atoms with van der Waals surface area (Å²) in [6.07, 6.45) is 2.15. The van der Waals surface area contributed by atoms with Crippen LogP contribution in [0.1, 0.15) is 41.2 Å². The van der Waals surface area contributed by atoms with Crippen LogP contribution < -0.4 is 0 Å². The lowest BCUT2D eigenvalue weighted by molar-refractivity contribution is 0.152. The molecule has 1 nitrogen and oxygen atoms in total. The van der Waals surface area contributed by atoms with Crippen LogP contribution in [0.25, 0.3) is 0 Å². The largest absolute Gasteiger partial charge is 0.388 e. The number of aliphatic hydroxyl groups is 1. The Morgan fingerprint density at radius 3 is 2.07 bits per heavy atom. The summed E-state index contributed by atoms with van der Waals surface area (Å²) in [7, 11) is 0. The van der Waals surface area contributed by atoms with Gasteiger partial charge in [0, 0.05) is 0 Å². The highest BCUT2D eigenvalue weighted by atomic mass is 16.3. The standard InChI is InChI=1S/C13H18O/c1-8-6-9(2)12(10(3)7-8)13(14)11-4-5-11/h6-7,11,13-14H,4-5H2,1-3H3. The summed E-state index contributed by atoms with van der Waals surface area (Å²) >= 11 is 0. The number of hydrogen-bond donors (Lipinski definition) is 1. The van der Waals surface area contributed by atoms with Crippen LogP contribution in [0.5, 0.6) is 0 Å². The molecule has 1 aromatic carbocycles. The topological polar surface area (TPSA) is 20.2 Å². The van der Waals surface area contributed by atoms with Gasteiger partial charge >= 0.3 is 0 Å². The molecule has 76 valence electrons. The highest BCUT2D eigenvalue weighted by molar-refractivity contribution is 5.39. The first-order valence-electron chi connectivity index (χ1n) is 5.35. The molecule has 0 heterocycles. The molecule has 1 saturated carbocycles. The molecule has 1 unspecified atom stereocenters. The molecule has 1 N–H and O–H groups in total. The molecule has 0 bridgehead atoms. The maximum absolute atomic E-state index is 10.1. The van der Waals surface area contributed by atoms with Crippen molar-refractivity contribution in [3.05, 3.63) is 34.4 Å². The van der Waals surface area contributed by atoms with Crippen molar-refractivity contribution in [3.63, 3.8) is 0 Å². The highest BCUT2D eigenvalue weighted by Crippen LogP contribution is 2.42. The Kier molecular flexibility index (Phi) is 2.36. The van der Waals surface area contributed by atoms with Crippen LogP contribution >= 0.6 is 0 Å². The Bertz CT molecular complexity index is 327. The molecular weight excluding hydrogens is 172 g/mol. The summed E-state index contributed by atoms with van der Waals surface area (Å²) < 4.78 is 0. The van der Waals surface area contributed by atoms with Crippen molar-refractivity contribution in [1.29, 1.82) is 0 Å². The summed E-state index contributed by atoms with van der Waals surface area (Å²) in [4.78, 5) is 0. The lowest BCUT2D eigenvalue weighted by Crippen LogP contribution is -2.05. The summed E-state index contributed by atoms with van der Waals surface area (Å²) in [6, 6.07) is 4.32. The molecule has 0 saturated heterocycles. The molecule has 0 amide bonds. The lowest BCUT2D eigenvalue weighted by Gasteiger charge is -2.16. The van der Waals surface area contributed by atoms with Crippen molar-refractivity contribution in [2.75, 3.05) is 0 Å². The van der Waals surface area contributed by atoms with Crippen LogP contribution in [-0.4, -0.2) is 5.11 Å². The smallest absolute Gasteiger partial charge is 0.0823 e. The first-order valence-corrected chi connectivity index (χ1v) is 5.35. The Hall–Kier alpha value is -0.820. The fourth-order valence-corrected chi connectivity index (χ4v) is 2.31. The molecule has 1 atom stereocenters. The molecule has 0 spiro atoms. The summed E-state index contributed by atoms with van der Waals surface area (Å²) in [5.41, 5.74) is 4.92. The molecule has 1 aliphatic carbocycles. The fourth-order valence-electron chi connectivity index (χ4n) is 2.31. The number of benzene rings is 1. The molecule has 1 fully saturated rings. The van der Waals surface area contributed by atoms with Crippen molar-refractivity contribution in [1.82, 2.24) is 0 Å². The van der Waals surface area contributed by atoms with E-state index < -0.39 is 0 Å². The van der Waals surface area contributed by atoms with Crippen LogP contribution in [0, 0.1) is 26.7 Å². The minimum atomic E-state index is -0.226. The SMILES string of the molecule is Cc1cc(C)c(C(O)C2CC2)c(C)c1. The monoisotopic (exact) mass is 190 g/mol. The van der Waals surface area contributed by atoms with Crippen LogP contribution in [0.15, 0.2) is 12.1 Å². The van der Waals surface area contributed by atoms with E-state index in [0.717, 1.165) is 5.56 Å². The van der Waals surface area contributed by atoms with Gasteiger partial charge in [-0.15, -0.1) is 0 Å². The van der Waals surface area contributed by atoms with E-state index >= 15 is 0 Å². The van der Waals surface area contributed by atoms with Crippen molar-refractivity contribution in [2.45, 2.75) is 39.7 Å². The normalized spacial score (nSPS) is 18.3. The third kappa shape index (κ3) is 1.69. The van der Waals surface area contributed by atoms with Gasteiger partial charge in [-0.25, -0.2) is 0 Å².